The summed E-state index contributed by atoms with van der Waals surface area (Å²) >= 11 is 0. The van der Waals surface area contributed by atoms with Gasteiger partial charge in [0.25, 0.3) is 5.56 Å². The highest BCUT2D eigenvalue weighted by molar-refractivity contribution is 5.82. The van der Waals surface area contributed by atoms with Crippen LogP contribution in [-0.4, -0.2) is 17.3 Å². The van der Waals surface area contributed by atoms with Crippen LogP contribution in [0.15, 0.2) is 33.6 Å². The van der Waals surface area contributed by atoms with Gasteiger partial charge < -0.3 is 9.84 Å². The lowest BCUT2D eigenvalue weighted by atomic mass is 10.2. The van der Waals surface area contributed by atoms with Crippen molar-refractivity contribution in [2.75, 3.05) is 6.54 Å². The second-order valence-corrected chi connectivity index (χ2v) is 4.13. The summed E-state index contributed by atoms with van der Waals surface area (Å²) < 4.78 is 5.98. The van der Waals surface area contributed by atoms with E-state index in [0.717, 1.165) is 24.0 Å². The van der Waals surface area contributed by atoms with Gasteiger partial charge in [0, 0.05) is 6.54 Å². The van der Waals surface area contributed by atoms with Crippen LogP contribution in [-0.2, 0) is 0 Å². The van der Waals surface area contributed by atoms with Crippen molar-refractivity contribution in [2.45, 2.75) is 26.2 Å². The Bertz CT molecular complexity index is 598. The lowest BCUT2D eigenvalue weighted by molar-refractivity contribution is 0.213. The van der Waals surface area contributed by atoms with Crippen LogP contribution in [0.5, 0.6) is 0 Å². The average Bonchev–Trinajstić information content (AvgIpc) is 2.73. The third-order valence-electron chi connectivity index (χ3n) is 2.73. The molecule has 0 atom stereocenters. The van der Waals surface area contributed by atoms with Crippen LogP contribution in [0.3, 0.4) is 0 Å². The number of unbranched alkanes of at least 4 members (excludes halogenated alkanes) is 2. The molecule has 5 nitrogen and oxygen atoms in total. The molecule has 2 aromatic rings. The molecule has 0 bridgehead atoms. The first-order valence-electron chi connectivity index (χ1n) is 6.13. The van der Waals surface area contributed by atoms with Crippen LogP contribution < -0.4 is 10.9 Å². The largest absolute Gasteiger partial charge is 0.366 e. The zero-order valence-corrected chi connectivity index (χ0v) is 10.3. The molecule has 1 N–H and O–H groups in total. The number of aromatic nitrogens is 1. The van der Waals surface area contributed by atoms with E-state index in [0.29, 0.717) is 17.5 Å². The maximum atomic E-state index is 11.9. The summed E-state index contributed by atoms with van der Waals surface area (Å²) in [5, 5.41) is 3.08. The van der Waals surface area contributed by atoms with Crippen molar-refractivity contribution in [2.24, 2.45) is 0 Å². The molecule has 0 spiro atoms. The van der Waals surface area contributed by atoms with Gasteiger partial charge in [0.05, 0.1) is 5.39 Å². The first kappa shape index (κ1) is 12.4. The van der Waals surface area contributed by atoms with Crippen molar-refractivity contribution in [3.8, 4) is 0 Å². The summed E-state index contributed by atoms with van der Waals surface area (Å²) in [7, 11) is 0. The number of carbonyl (C=O) groups excluding carboxylic acids is 1. The van der Waals surface area contributed by atoms with Crippen LogP contribution in [0.2, 0.25) is 0 Å². The zero-order valence-electron chi connectivity index (χ0n) is 10.3. The van der Waals surface area contributed by atoms with Gasteiger partial charge in [-0.25, -0.2) is 4.79 Å². The van der Waals surface area contributed by atoms with Crippen molar-refractivity contribution in [1.29, 1.82) is 0 Å². The molecule has 0 unspecified atom stereocenters. The van der Waals surface area contributed by atoms with E-state index >= 15 is 0 Å². The van der Waals surface area contributed by atoms with Crippen molar-refractivity contribution in [3.05, 3.63) is 34.6 Å². The molecule has 96 valence electrons. The Morgan fingerprint density at radius 3 is 2.83 bits per heavy atom. The summed E-state index contributed by atoms with van der Waals surface area (Å²) in [4.78, 5) is 23.6. The number of fused-ring (bicyclic) bond motifs is 1. The lowest BCUT2D eigenvalue weighted by Crippen LogP contribution is -2.34. The van der Waals surface area contributed by atoms with E-state index in [2.05, 4.69) is 12.2 Å². The number of nitrogens with zero attached hydrogens (tertiary/aromatic N) is 1. The minimum Gasteiger partial charge on any atom is -0.366 e. The van der Waals surface area contributed by atoms with E-state index in [1.54, 1.807) is 24.3 Å². The van der Waals surface area contributed by atoms with Gasteiger partial charge >= 0.3 is 6.03 Å². The number of benzene rings is 1. The van der Waals surface area contributed by atoms with Crippen LogP contribution >= 0.6 is 0 Å². The third-order valence-corrected chi connectivity index (χ3v) is 2.73. The molecular formula is C13H16N2O3. The molecule has 0 saturated carbocycles. The fourth-order valence-corrected chi connectivity index (χ4v) is 1.75. The highest BCUT2D eigenvalue weighted by Crippen LogP contribution is 2.09. The van der Waals surface area contributed by atoms with Gasteiger partial charge in [-0.3, -0.25) is 4.79 Å². The number of hydrogen-bond donors (Lipinski definition) is 1. The maximum Gasteiger partial charge on any atom is 0.358 e. The third kappa shape index (κ3) is 2.45. The van der Waals surface area contributed by atoms with Crippen LogP contribution in [0, 0.1) is 0 Å². The molecule has 0 radical (unpaired) electrons. The quantitative estimate of drug-likeness (QED) is 0.845. The summed E-state index contributed by atoms with van der Waals surface area (Å²) in [5.41, 5.74) is 0.00444. The van der Waals surface area contributed by atoms with E-state index in [1.807, 2.05) is 0 Å². The molecule has 1 amide bonds. The van der Waals surface area contributed by atoms with Crippen LogP contribution in [0.25, 0.3) is 11.0 Å². The first-order chi connectivity index (χ1) is 8.74. The van der Waals surface area contributed by atoms with E-state index in [4.69, 9.17) is 4.52 Å². The molecule has 5 heteroatoms. The second-order valence-electron chi connectivity index (χ2n) is 4.13. The number of carbonyl (C=O) groups is 1. The standard InChI is InChI=1S/C13H16N2O3/c1-2-3-6-9-14-13(17)15-12(16)10-7-4-5-8-11(10)18-15/h4-5,7-8H,2-3,6,9H2,1H3,(H,14,17). The molecule has 0 saturated heterocycles. The Labute approximate surface area is 104 Å². The summed E-state index contributed by atoms with van der Waals surface area (Å²) in [6.45, 7) is 2.64. The SMILES string of the molecule is CCCCCNC(=O)n1oc2ccccc2c1=O. The minimum absolute atomic E-state index is 0.418. The molecule has 1 aromatic carbocycles. The van der Waals surface area contributed by atoms with Gasteiger partial charge in [-0.15, -0.1) is 0 Å². The second kappa shape index (κ2) is 5.53. The van der Waals surface area contributed by atoms with Gasteiger partial charge in [-0.2, -0.15) is 0 Å². The normalized spacial score (nSPS) is 10.7. The number of para-hydroxylation sites is 1. The van der Waals surface area contributed by atoms with Gasteiger partial charge in [0.1, 0.15) is 0 Å². The number of amides is 1. The molecule has 2 rings (SSSR count). The minimum atomic E-state index is -0.507. The van der Waals surface area contributed by atoms with Crippen molar-refractivity contribution in [3.63, 3.8) is 0 Å². The smallest absolute Gasteiger partial charge is 0.358 e. The Morgan fingerprint density at radius 2 is 2.11 bits per heavy atom. The topological polar surface area (TPSA) is 64.2 Å². The lowest BCUT2D eigenvalue weighted by Gasteiger charge is -2.02. The summed E-state index contributed by atoms with van der Waals surface area (Å²) in [5.74, 6) is 0. The maximum absolute atomic E-state index is 11.9. The number of rotatable bonds is 4. The molecule has 0 aliphatic heterocycles. The van der Waals surface area contributed by atoms with E-state index < -0.39 is 11.6 Å². The monoisotopic (exact) mass is 248 g/mol. The zero-order chi connectivity index (χ0) is 13.0. The van der Waals surface area contributed by atoms with Gasteiger partial charge in [0.15, 0.2) is 5.58 Å². The highest BCUT2D eigenvalue weighted by Gasteiger charge is 2.14. The van der Waals surface area contributed by atoms with E-state index in [9.17, 15) is 9.59 Å². The predicted molar refractivity (Wildman–Crippen MR) is 68.8 cm³/mol. The number of nitrogens with one attached hydrogen (secondary N) is 1. The molecule has 1 heterocycles. The van der Waals surface area contributed by atoms with Gasteiger partial charge in [0.2, 0.25) is 0 Å². The molecular weight excluding hydrogens is 232 g/mol. The predicted octanol–water partition coefficient (Wildman–Crippen LogP) is 2.34. The van der Waals surface area contributed by atoms with Gasteiger partial charge in [-0.05, 0) is 18.6 Å². The summed E-state index contributed by atoms with van der Waals surface area (Å²) in [6, 6.07) is 6.30. The molecule has 0 aliphatic carbocycles. The molecule has 0 aliphatic rings. The fraction of sp³-hybridized carbons (Fsp3) is 0.385. The number of hydrogen-bond acceptors (Lipinski definition) is 3. The van der Waals surface area contributed by atoms with Crippen molar-refractivity contribution in [1.82, 2.24) is 10.1 Å². The molecule has 18 heavy (non-hydrogen) atoms. The summed E-state index contributed by atoms with van der Waals surface area (Å²) in [6.07, 6.45) is 3.03. The van der Waals surface area contributed by atoms with Crippen LogP contribution in [0.4, 0.5) is 4.79 Å². The molecule has 0 fully saturated rings. The average molecular weight is 248 g/mol. The first-order valence-corrected chi connectivity index (χ1v) is 6.13. The van der Waals surface area contributed by atoms with Crippen molar-refractivity contribution < 1.29 is 9.32 Å². The Balaban J connectivity index is 2.13. The van der Waals surface area contributed by atoms with Crippen molar-refractivity contribution >= 4 is 17.0 Å². The van der Waals surface area contributed by atoms with E-state index in [-0.39, 0.29) is 0 Å². The highest BCUT2D eigenvalue weighted by atomic mass is 16.5. The Hall–Kier alpha value is -2.04. The van der Waals surface area contributed by atoms with Crippen LogP contribution in [0.1, 0.15) is 26.2 Å². The Kier molecular flexibility index (Phi) is 3.82. The fourth-order valence-electron chi connectivity index (χ4n) is 1.75. The van der Waals surface area contributed by atoms with Gasteiger partial charge in [-0.1, -0.05) is 36.6 Å². The molecule has 1 aromatic heterocycles. The Morgan fingerprint density at radius 1 is 1.33 bits per heavy atom. The van der Waals surface area contributed by atoms with E-state index in [1.165, 1.54) is 0 Å².